The number of nitrogens with zero attached hydrogens (tertiary/aromatic N) is 1. The van der Waals surface area contributed by atoms with E-state index in [0.717, 1.165) is 12.0 Å². The Labute approximate surface area is 147 Å². The predicted octanol–water partition coefficient (Wildman–Crippen LogP) is 2.59. The number of nitrogens with two attached hydrogens (primary N) is 1. The third kappa shape index (κ3) is 4.06. The van der Waals surface area contributed by atoms with Crippen molar-refractivity contribution in [3.8, 4) is 0 Å². The molecule has 0 radical (unpaired) electrons. The number of carbonyl (C=O) groups excluding carboxylic acids is 2. The van der Waals surface area contributed by atoms with Crippen molar-refractivity contribution in [2.75, 3.05) is 19.4 Å². The first-order valence-corrected chi connectivity index (χ1v) is 8.39. The number of amides is 2. The largest absolute Gasteiger partial charge is 0.366 e. The van der Waals surface area contributed by atoms with Crippen LogP contribution in [-0.2, 0) is 11.3 Å². The lowest BCUT2D eigenvalue weighted by molar-refractivity contribution is -0.117. The second-order valence-corrected chi connectivity index (χ2v) is 6.82. The first-order chi connectivity index (χ1) is 12.0. The molecule has 0 bridgehead atoms. The average molecular weight is 337 g/mol. The summed E-state index contributed by atoms with van der Waals surface area (Å²) in [6.07, 6.45) is 0.856. The smallest absolute Gasteiger partial charge is 0.248 e. The molecule has 0 saturated heterocycles. The number of hydrogen-bond acceptors (Lipinski definition) is 3. The molecule has 0 aliphatic heterocycles. The Morgan fingerprint density at radius 3 is 2.52 bits per heavy atom. The summed E-state index contributed by atoms with van der Waals surface area (Å²) in [6.45, 7) is 0.668. The van der Waals surface area contributed by atoms with E-state index >= 15 is 0 Å². The number of nitrogens with one attached hydrogen (secondary N) is 1. The van der Waals surface area contributed by atoms with Crippen molar-refractivity contribution in [3.05, 3.63) is 65.2 Å². The Bertz CT molecular complexity index is 787. The molecule has 1 aliphatic rings. The molecule has 0 spiro atoms. The van der Waals surface area contributed by atoms with Crippen LogP contribution in [0.15, 0.2) is 48.5 Å². The first kappa shape index (κ1) is 17.2. The standard InChI is InChI=1S/C20H23N3O2/c1-23(2)12-15-9-8-14(19(21)24)10-18(15)22-20(25)17-11-16(17)13-6-4-3-5-7-13/h3-10,16-17H,11-12H2,1-2H3,(H2,21,24)(H,22,25). The highest BCUT2D eigenvalue weighted by Gasteiger charge is 2.43. The zero-order valence-electron chi connectivity index (χ0n) is 14.5. The summed E-state index contributed by atoms with van der Waals surface area (Å²) in [6, 6.07) is 15.3. The molecule has 0 aromatic heterocycles. The minimum absolute atomic E-state index is 0.00419. The van der Waals surface area contributed by atoms with E-state index in [1.807, 2.05) is 43.3 Å². The van der Waals surface area contributed by atoms with Gasteiger partial charge in [0, 0.05) is 23.7 Å². The second-order valence-electron chi connectivity index (χ2n) is 6.82. The molecule has 130 valence electrons. The lowest BCUT2D eigenvalue weighted by atomic mass is 10.1. The van der Waals surface area contributed by atoms with Crippen LogP contribution < -0.4 is 11.1 Å². The van der Waals surface area contributed by atoms with Crippen molar-refractivity contribution in [1.82, 2.24) is 4.90 Å². The molecule has 25 heavy (non-hydrogen) atoms. The number of rotatable bonds is 6. The van der Waals surface area contributed by atoms with Crippen LogP contribution in [0.3, 0.4) is 0 Å². The van der Waals surface area contributed by atoms with E-state index in [1.165, 1.54) is 5.56 Å². The Balaban J connectivity index is 1.76. The third-order valence-electron chi connectivity index (χ3n) is 4.49. The van der Waals surface area contributed by atoms with Gasteiger partial charge >= 0.3 is 0 Å². The lowest BCUT2D eigenvalue weighted by Crippen LogP contribution is -2.19. The van der Waals surface area contributed by atoms with Crippen LogP contribution in [0.25, 0.3) is 0 Å². The number of anilines is 1. The van der Waals surface area contributed by atoms with Crippen molar-refractivity contribution < 1.29 is 9.59 Å². The highest BCUT2D eigenvalue weighted by molar-refractivity contribution is 5.98. The molecule has 2 unspecified atom stereocenters. The van der Waals surface area contributed by atoms with Gasteiger partial charge in [-0.25, -0.2) is 0 Å². The van der Waals surface area contributed by atoms with Gasteiger partial charge in [0.1, 0.15) is 0 Å². The number of primary amides is 1. The summed E-state index contributed by atoms with van der Waals surface area (Å²) in [7, 11) is 3.92. The molecule has 2 aromatic rings. The van der Waals surface area contributed by atoms with Crippen LogP contribution in [0, 0.1) is 5.92 Å². The summed E-state index contributed by atoms with van der Waals surface area (Å²) in [5.41, 5.74) is 8.59. The summed E-state index contributed by atoms with van der Waals surface area (Å²) in [5, 5.41) is 3.00. The van der Waals surface area contributed by atoms with E-state index in [4.69, 9.17) is 5.73 Å². The van der Waals surface area contributed by atoms with Gasteiger partial charge in [0.05, 0.1) is 0 Å². The van der Waals surface area contributed by atoms with Crippen LogP contribution in [-0.4, -0.2) is 30.8 Å². The van der Waals surface area contributed by atoms with E-state index in [0.29, 0.717) is 17.8 Å². The van der Waals surface area contributed by atoms with Gasteiger partial charge < -0.3 is 16.0 Å². The maximum atomic E-state index is 12.6. The van der Waals surface area contributed by atoms with Gasteiger partial charge in [0.2, 0.25) is 11.8 Å². The fourth-order valence-corrected chi connectivity index (χ4v) is 3.10. The molecule has 1 aliphatic carbocycles. The van der Waals surface area contributed by atoms with Crippen molar-refractivity contribution in [1.29, 1.82) is 0 Å². The van der Waals surface area contributed by atoms with Gasteiger partial charge in [-0.2, -0.15) is 0 Å². The van der Waals surface area contributed by atoms with Gasteiger partial charge in [-0.05, 0) is 49.7 Å². The number of carbonyl (C=O) groups is 2. The van der Waals surface area contributed by atoms with E-state index in [2.05, 4.69) is 17.4 Å². The van der Waals surface area contributed by atoms with Crippen LogP contribution in [0.4, 0.5) is 5.69 Å². The van der Waals surface area contributed by atoms with E-state index in [-0.39, 0.29) is 17.7 Å². The van der Waals surface area contributed by atoms with E-state index < -0.39 is 5.91 Å². The van der Waals surface area contributed by atoms with Crippen LogP contribution in [0.1, 0.15) is 33.8 Å². The SMILES string of the molecule is CN(C)Cc1ccc(C(N)=O)cc1NC(=O)C1CC1c1ccccc1. The average Bonchev–Trinajstić information content (AvgIpc) is 3.37. The topological polar surface area (TPSA) is 75.4 Å². The normalized spacial score (nSPS) is 18.8. The maximum absolute atomic E-state index is 12.6. The number of hydrogen-bond donors (Lipinski definition) is 2. The molecule has 2 atom stereocenters. The van der Waals surface area contributed by atoms with Gasteiger partial charge in [-0.15, -0.1) is 0 Å². The van der Waals surface area contributed by atoms with Crippen LogP contribution in [0.2, 0.25) is 0 Å². The van der Waals surface area contributed by atoms with Crippen LogP contribution >= 0.6 is 0 Å². The monoisotopic (exact) mass is 337 g/mol. The zero-order valence-corrected chi connectivity index (χ0v) is 14.5. The van der Waals surface area contributed by atoms with Crippen molar-refractivity contribution in [2.24, 2.45) is 11.7 Å². The van der Waals surface area contributed by atoms with Crippen molar-refractivity contribution in [3.63, 3.8) is 0 Å². The Morgan fingerprint density at radius 1 is 1.16 bits per heavy atom. The molecule has 5 heteroatoms. The molecular formula is C20H23N3O2. The van der Waals surface area contributed by atoms with Gasteiger partial charge in [-0.3, -0.25) is 9.59 Å². The highest BCUT2D eigenvalue weighted by Crippen LogP contribution is 2.48. The minimum Gasteiger partial charge on any atom is -0.366 e. The van der Waals surface area contributed by atoms with Crippen LogP contribution in [0.5, 0.6) is 0 Å². The van der Waals surface area contributed by atoms with Gasteiger partial charge in [0.25, 0.3) is 0 Å². The van der Waals surface area contributed by atoms with Gasteiger partial charge in [0.15, 0.2) is 0 Å². The Morgan fingerprint density at radius 2 is 1.88 bits per heavy atom. The number of benzene rings is 2. The molecule has 5 nitrogen and oxygen atoms in total. The fraction of sp³-hybridized carbons (Fsp3) is 0.300. The summed E-state index contributed by atoms with van der Waals surface area (Å²) in [5.74, 6) is -0.249. The quantitative estimate of drug-likeness (QED) is 0.851. The first-order valence-electron chi connectivity index (χ1n) is 8.39. The molecule has 3 N–H and O–H groups in total. The minimum atomic E-state index is -0.500. The van der Waals surface area contributed by atoms with Gasteiger partial charge in [-0.1, -0.05) is 36.4 Å². The molecule has 2 aromatic carbocycles. The Kier molecular flexibility index (Phi) is 4.86. The Hall–Kier alpha value is -2.66. The third-order valence-corrected chi connectivity index (χ3v) is 4.49. The van der Waals surface area contributed by atoms with E-state index in [1.54, 1.807) is 12.1 Å². The summed E-state index contributed by atoms with van der Waals surface area (Å²) < 4.78 is 0. The predicted molar refractivity (Wildman–Crippen MR) is 98.3 cm³/mol. The molecular weight excluding hydrogens is 314 g/mol. The maximum Gasteiger partial charge on any atom is 0.248 e. The summed E-state index contributed by atoms with van der Waals surface area (Å²) in [4.78, 5) is 26.1. The second kappa shape index (κ2) is 7.07. The summed E-state index contributed by atoms with van der Waals surface area (Å²) >= 11 is 0. The lowest BCUT2D eigenvalue weighted by Gasteiger charge is -2.16. The molecule has 3 rings (SSSR count). The fourth-order valence-electron chi connectivity index (χ4n) is 3.10. The van der Waals surface area contributed by atoms with Crippen molar-refractivity contribution >= 4 is 17.5 Å². The molecule has 1 saturated carbocycles. The zero-order chi connectivity index (χ0) is 18.0. The molecule has 2 amide bonds. The highest BCUT2D eigenvalue weighted by atomic mass is 16.2. The van der Waals surface area contributed by atoms with Crippen molar-refractivity contribution in [2.45, 2.75) is 18.9 Å². The molecule has 1 fully saturated rings. The van der Waals surface area contributed by atoms with E-state index in [9.17, 15) is 9.59 Å². The molecule has 0 heterocycles.